The zero-order valence-electron chi connectivity index (χ0n) is 38.2. The Hall–Kier alpha value is -7.64. The summed E-state index contributed by atoms with van der Waals surface area (Å²) in [5.41, 5.74) is 18.8. The normalized spacial score (nSPS) is 15.0. The summed E-state index contributed by atoms with van der Waals surface area (Å²) in [5, 5.41) is 2.16. The van der Waals surface area contributed by atoms with E-state index < -0.39 is 0 Å². The van der Waals surface area contributed by atoms with Crippen LogP contribution in [0, 0.1) is 6.92 Å². The van der Waals surface area contributed by atoms with Crippen molar-refractivity contribution in [3.8, 4) is 34.1 Å². The zero-order chi connectivity index (χ0) is 45.0. The number of hydrogen-bond acceptors (Lipinski definition) is 6. The van der Waals surface area contributed by atoms with Crippen molar-refractivity contribution >= 4 is 84.7 Å². The van der Waals surface area contributed by atoms with E-state index in [1.807, 2.05) is 24.3 Å². The molecule has 6 nitrogen and oxygen atoms in total. The predicted octanol–water partition coefficient (Wildman–Crippen LogP) is 14.1. The highest BCUT2D eigenvalue weighted by Crippen LogP contribution is 2.52. The van der Waals surface area contributed by atoms with Crippen LogP contribution in [0.5, 0.6) is 11.5 Å². The van der Waals surface area contributed by atoms with Crippen LogP contribution in [0.3, 0.4) is 0 Å². The van der Waals surface area contributed by atoms with Gasteiger partial charge >= 0.3 is 0 Å². The van der Waals surface area contributed by atoms with Crippen LogP contribution in [-0.4, -0.2) is 19.9 Å². The molecule has 3 aliphatic heterocycles. The molecular weight excluding hydrogens is 823 g/mol. The number of para-hydroxylation sites is 2. The number of anilines is 6. The Balaban J connectivity index is 1.10. The Kier molecular flexibility index (Phi) is 9.02. The Labute approximate surface area is 391 Å². The van der Waals surface area contributed by atoms with Crippen molar-refractivity contribution in [2.45, 2.75) is 52.4 Å². The molecule has 0 N–H and O–H groups in total. The molecule has 1 aliphatic carbocycles. The van der Waals surface area contributed by atoms with Gasteiger partial charge in [-0.2, -0.15) is 0 Å². The minimum absolute atomic E-state index is 0.0456. The third-order valence-corrected chi connectivity index (χ3v) is 14.0. The molecule has 2 aromatic heterocycles. The molecule has 0 amide bonds. The summed E-state index contributed by atoms with van der Waals surface area (Å²) in [6, 6.07) is 52.7. The van der Waals surface area contributed by atoms with Gasteiger partial charge in [0, 0.05) is 56.6 Å². The van der Waals surface area contributed by atoms with Gasteiger partial charge in [0.05, 0.1) is 24.6 Å². The first-order valence-electron chi connectivity index (χ1n) is 23.7. The lowest BCUT2D eigenvalue weighted by atomic mass is 9.33. The Bertz CT molecular complexity index is 3480. The highest BCUT2D eigenvalue weighted by atomic mass is 16.5. The van der Waals surface area contributed by atoms with E-state index in [0.29, 0.717) is 13.2 Å². The van der Waals surface area contributed by atoms with Gasteiger partial charge in [0.15, 0.2) is 11.5 Å². The predicted molar refractivity (Wildman–Crippen MR) is 276 cm³/mol. The molecule has 4 aliphatic rings. The van der Waals surface area contributed by atoms with E-state index in [0.717, 1.165) is 115 Å². The number of nitrogens with zero attached hydrogens (tertiary/aromatic N) is 2. The Morgan fingerprint density at radius 3 is 2.03 bits per heavy atom. The highest BCUT2D eigenvalue weighted by Gasteiger charge is 2.46. The van der Waals surface area contributed by atoms with Crippen molar-refractivity contribution in [3.63, 3.8) is 0 Å². The molecule has 0 radical (unpaired) electrons. The first-order chi connectivity index (χ1) is 32.7. The summed E-state index contributed by atoms with van der Waals surface area (Å²) in [7, 11) is 0. The van der Waals surface area contributed by atoms with Crippen molar-refractivity contribution in [2.24, 2.45) is 0 Å². The van der Waals surface area contributed by atoms with Gasteiger partial charge in [0.25, 0.3) is 6.71 Å². The highest BCUT2D eigenvalue weighted by molar-refractivity contribution is 7.00. The minimum atomic E-state index is -0.130. The van der Waals surface area contributed by atoms with Gasteiger partial charge < -0.3 is 28.1 Å². The van der Waals surface area contributed by atoms with Crippen LogP contribution in [0.1, 0.15) is 56.7 Å². The van der Waals surface area contributed by atoms with Crippen molar-refractivity contribution in [1.82, 2.24) is 0 Å². The van der Waals surface area contributed by atoms with Crippen LogP contribution in [0.15, 0.2) is 173 Å². The van der Waals surface area contributed by atoms with Gasteiger partial charge in [-0.3, -0.25) is 0 Å². The topological polar surface area (TPSA) is 51.2 Å². The van der Waals surface area contributed by atoms with Crippen LogP contribution in [0.4, 0.5) is 34.1 Å². The van der Waals surface area contributed by atoms with Gasteiger partial charge in [0.2, 0.25) is 0 Å². The monoisotopic (exact) mass is 872 g/mol. The van der Waals surface area contributed by atoms with E-state index >= 15 is 0 Å². The SMILES string of the molecule is Cc1cc2c3c(c1)N(c1ccc(C(C)(C)C)cc1C1=CCCC=C1)c1c(ccc4c1OCCCO4)B3c1ccc(-c3cc4ccccc4o3)cc1N2c1cccc(-c2cc3ccccc3o2)c1. The van der Waals surface area contributed by atoms with Crippen LogP contribution in [0.25, 0.3) is 50.2 Å². The average Bonchev–Trinajstić information content (AvgIpc) is 3.91. The van der Waals surface area contributed by atoms with Crippen LogP contribution in [-0.2, 0) is 5.41 Å². The van der Waals surface area contributed by atoms with Crippen molar-refractivity contribution in [1.29, 1.82) is 0 Å². The van der Waals surface area contributed by atoms with E-state index in [9.17, 15) is 0 Å². The molecule has 0 saturated heterocycles. The first kappa shape index (κ1) is 39.7. The molecule has 67 heavy (non-hydrogen) atoms. The molecular formula is C60H49BN2O4. The summed E-state index contributed by atoms with van der Waals surface area (Å²) < 4.78 is 26.5. The zero-order valence-corrected chi connectivity index (χ0v) is 38.2. The molecule has 7 aromatic carbocycles. The summed E-state index contributed by atoms with van der Waals surface area (Å²) in [6.45, 7) is 10.2. The molecule has 0 saturated carbocycles. The molecule has 13 rings (SSSR count). The lowest BCUT2D eigenvalue weighted by Crippen LogP contribution is -2.61. The molecule has 5 heterocycles. The number of benzene rings is 7. The Morgan fingerprint density at radius 1 is 0.582 bits per heavy atom. The number of ether oxygens (including phenoxy) is 2. The van der Waals surface area contributed by atoms with Crippen LogP contribution >= 0.6 is 0 Å². The number of fused-ring (bicyclic) bond motifs is 8. The maximum absolute atomic E-state index is 6.88. The number of hydrogen-bond donors (Lipinski definition) is 0. The quantitative estimate of drug-likeness (QED) is 0.161. The summed E-state index contributed by atoms with van der Waals surface area (Å²) in [6.07, 6.45) is 9.89. The lowest BCUT2D eigenvalue weighted by molar-refractivity contribution is 0.297. The molecule has 0 unspecified atom stereocenters. The fourth-order valence-corrected chi connectivity index (χ4v) is 10.8. The smallest absolute Gasteiger partial charge is 0.252 e. The number of aryl methyl sites for hydroxylation is 1. The maximum Gasteiger partial charge on any atom is 0.252 e. The maximum atomic E-state index is 6.88. The molecule has 0 atom stereocenters. The number of furan rings is 2. The molecule has 0 spiro atoms. The molecule has 0 fully saturated rings. The summed E-state index contributed by atoms with van der Waals surface area (Å²) in [5.74, 6) is 3.24. The van der Waals surface area contributed by atoms with Gasteiger partial charge in [-0.25, -0.2) is 0 Å². The largest absolute Gasteiger partial charge is 0.489 e. The van der Waals surface area contributed by atoms with Gasteiger partial charge in [-0.15, -0.1) is 0 Å². The second-order valence-corrected chi connectivity index (χ2v) is 19.4. The minimum Gasteiger partial charge on any atom is -0.489 e. The number of allylic oxidation sites excluding steroid dienone is 4. The average molecular weight is 873 g/mol. The standard InChI is InChI=1S/C60H49BN2O4/c1-37-30-50-57-51(31-37)63(48-26-23-43(60(2,3)4)36-45(48)38-14-6-5-7-15-38)58-47(25-27-54-59(58)65-29-13-28-64-54)61(57)46-24-22-42(56-35-41-17-9-11-21-53(41)67-56)33-49(46)62(50)44-19-12-18-39(32-44)55-34-40-16-8-10-20-52(40)66-55/h6,8-12,14-27,30-36H,5,7,13,28-29H2,1-4H3. The summed E-state index contributed by atoms with van der Waals surface area (Å²) in [4.78, 5) is 4.98. The van der Waals surface area contributed by atoms with Gasteiger partial charge in [0.1, 0.15) is 22.7 Å². The van der Waals surface area contributed by atoms with Gasteiger partial charge in [-0.1, -0.05) is 112 Å². The molecule has 0 bridgehead atoms. The van der Waals surface area contributed by atoms with Crippen molar-refractivity contribution in [3.05, 3.63) is 181 Å². The molecule has 7 heteroatoms. The van der Waals surface area contributed by atoms with Gasteiger partial charge in [-0.05, 0) is 131 Å². The van der Waals surface area contributed by atoms with E-state index in [-0.39, 0.29) is 12.1 Å². The first-order valence-corrected chi connectivity index (χ1v) is 23.7. The number of rotatable bonds is 5. The Morgan fingerprint density at radius 2 is 1.30 bits per heavy atom. The third kappa shape index (κ3) is 6.46. The van der Waals surface area contributed by atoms with E-state index in [2.05, 4.69) is 177 Å². The lowest BCUT2D eigenvalue weighted by Gasteiger charge is -2.45. The van der Waals surface area contributed by atoms with Crippen LogP contribution in [0.2, 0.25) is 0 Å². The van der Waals surface area contributed by atoms with Crippen LogP contribution < -0.4 is 35.7 Å². The summed E-state index contributed by atoms with van der Waals surface area (Å²) >= 11 is 0. The van der Waals surface area contributed by atoms with E-state index in [1.54, 1.807) is 0 Å². The van der Waals surface area contributed by atoms with Crippen molar-refractivity contribution in [2.75, 3.05) is 23.0 Å². The van der Waals surface area contributed by atoms with E-state index in [4.69, 9.17) is 18.3 Å². The second-order valence-electron chi connectivity index (χ2n) is 19.4. The van der Waals surface area contributed by atoms with Crippen molar-refractivity contribution < 1.29 is 18.3 Å². The fraction of sp³-hybridized carbons (Fsp3) is 0.167. The molecule has 326 valence electrons. The third-order valence-electron chi connectivity index (χ3n) is 14.0. The fourth-order valence-electron chi connectivity index (χ4n) is 10.8. The molecule has 9 aromatic rings. The van der Waals surface area contributed by atoms with E-state index in [1.165, 1.54) is 33.1 Å². The second kappa shape index (κ2) is 15.2.